The lowest BCUT2D eigenvalue weighted by atomic mass is 10.0. The fourth-order valence-electron chi connectivity index (χ4n) is 1.59. The van der Waals surface area contributed by atoms with E-state index in [0.29, 0.717) is 26.9 Å². The predicted octanol–water partition coefficient (Wildman–Crippen LogP) is 4.08. The monoisotopic (exact) mass is 261 g/mol. The molecular weight excluding hydrogens is 256 g/mol. The Hall–Kier alpha value is -0.570. The van der Waals surface area contributed by atoms with Gasteiger partial charge in [-0.15, -0.1) is 0 Å². The first kappa shape index (κ1) is 10.9. The summed E-state index contributed by atoms with van der Waals surface area (Å²) in [4.78, 5) is 15.6. The van der Waals surface area contributed by atoms with E-state index in [2.05, 4.69) is 4.99 Å². The van der Waals surface area contributed by atoms with Crippen molar-refractivity contribution in [2.45, 2.75) is 13.8 Å². The number of nitrogens with zero attached hydrogens (tertiary/aromatic N) is 1. The zero-order valence-corrected chi connectivity index (χ0v) is 10.3. The van der Waals surface area contributed by atoms with Gasteiger partial charge in [0.15, 0.2) is 5.17 Å². The SMILES string of the molecule is Cc1c(Cl)c(C)c2c(c1Cl)N=C(Cl)C2=O. The van der Waals surface area contributed by atoms with Crippen LogP contribution in [-0.4, -0.2) is 11.0 Å². The molecule has 0 amide bonds. The third kappa shape index (κ3) is 1.40. The Balaban J connectivity index is 2.88. The van der Waals surface area contributed by atoms with Gasteiger partial charge in [-0.1, -0.05) is 34.8 Å². The van der Waals surface area contributed by atoms with Crippen LogP contribution in [0.2, 0.25) is 10.0 Å². The van der Waals surface area contributed by atoms with Gasteiger partial charge in [0.05, 0.1) is 16.3 Å². The molecule has 0 atom stereocenters. The molecule has 1 aromatic rings. The number of benzene rings is 1. The second-order valence-electron chi connectivity index (χ2n) is 3.33. The second kappa shape index (κ2) is 3.48. The van der Waals surface area contributed by atoms with Gasteiger partial charge in [-0.2, -0.15) is 0 Å². The van der Waals surface area contributed by atoms with Gasteiger partial charge >= 0.3 is 0 Å². The van der Waals surface area contributed by atoms with Crippen molar-refractivity contribution in [1.29, 1.82) is 0 Å². The maximum atomic E-state index is 11.7. The van der Waals surface area contributed by atoms with Crippen LogP contribution in [0.1, 0.15) is 21.5 Å². The van der Waals surface area contributed by atoms with Crippen molar-refractivity contribution in [1.82, 2.24) is 0 Å². The van der Waals surface area contributed by atoms with Crippen LogP contribution in [0.25, 0.3) is 0 Å². The number of hydrogen-bond donors (Lipinski definition) is 0. The van der Waals surface area contributed by atoms with Gasteiger partial charge in [-0.05, 0) is 25.0 Å². The van der Waals surface area contributed by atoms with E-state index in [9.17, 15) is 4.79 Å². The minimum atomic E-state index is -0.312. The summed E-state index contributed by atoms with van der Waals surface area (Å²) >= 11 is 17.8. The molecule has 5 heteroatoms. The summed E-state index contributed by atoms with van der Waals surface area (Å²) in [6.07, 6.45) is 0. The van der Waals surface area contributed by atoms with Gasteiger partial charge in [-0.25, -0.2) is 4.99 Å². The molecule has 2 nitrogen and oxygen atoms in total. The Labute approximate surface area is 102 Å². The maximum absolute atomic E-state index is 11.7. The predicted molar refractivity (Wildman–Crippen MR) is 63.2 cm³/mol. The molecule has 0 bridgehead atoms. The van der Waals surface area contributed by atoms with E-state index in [0.717, 1.165) is 5.56 Å². The lowest BCUT2D eigenvalue weighted by Gasteiger charge is -2.09. The Morgan fingerprint density at radius 3 is 2.20 bits per heavy atom. The maximum Gasteiger partial charge on any atom is 0.225 e. The number of rotatable bonds is 0. The fraction of sp³-hybridized carbons (Fsp3) is 0.200. The number of fused-ring (bicyclic) bond motifs is 1. The molecule has 2 rings (SSSR count). The van der Waals surface area contributed by atoms with Crippen LogP contribution in [0.3, 0.4) is 0 Å². The standard InChI is InChI=1S/C10H6Cl3NO/c1-3-5-8(14-10(13)9(5)15)7(12)4(2)6(3)11/h1-2H3. The normalized spacial score (nSPS) is 14.2. The van der Waals surface area contributed by atoms with Gasteiger partial charge in [0.1, 0.15) is 0 Å². The van der Waals surface area contributed by atoms with Crippen molar-refractivity contribution in [3.05, 3.63) is 26.7 Å². The largest absolute Gasteiger partial charge is 0.286 e. The number of carbonyl (C=O) groups excluding carboxylic acids is 1. The first-order chi connectivity index (χ1) is 6.95. The molecule has 0 saturated heterocycles. The van der Waals surface area contributed by atoms with Crippen LogP contribution >= 0.6 is 34.8 Å². The average Bonchev–Trinajstić information content (AvgIpc) is 2.50. The van der Waals surface area contributed by atoms with E-state index in [1.165, 1.54) is 0 Å². The summed E-state index contributed by atoms with van der Waals surface area (Å²) in [5, 5.41) is 0.829. The molecule has 1 aliphatic heterocycles. The van der Waals surface area contributed by atoms with Gasteiger partial charge in [-0.3, -0.25) is 4.79 Å². The van der Waals surface area contributed by atoms with Crippen LogP contribution in [0.15, 0.2) is 4.99 Å². The first-order valence-corrected chi connectivity index (χ1v) is 5.35. The van der Waals surface area contributed by atoms with Crippen molar-refractivity contribution in [2.75, 3.05) is 0 Å². The number of ketones is 1. The Bertz CT molecular complexity index is 520. The summed E-state index contributed by atoms with van der Waals surface area (Å²) in [7, 11) is 0. The van der Waals surface area contributed by atoms with Crippen LogP contribution < -0.4 is 0 Å². The molecule has 0 aromatic heterocycles. The van der Waals surface area contributed by atoms with E-state index >= 15 is 0 Å². The molecule has 0 spiro atoms. The topological polar surface area (TPSA) is 29.4 Å². The number of carbonyl (C=O) groups is 1. The lowest BCUT2D eigenvalue weighted by molar-refractivity contribution is 0.107. The van der Waals surface area contributed by atoms with Gasteiger partial charge in [0.25, 0.3) is 0 Å². The number of aliphatic imine (C=N–C) groups is 1. The van der Waals surface area contributed by atoms with E-state index in [1.807, 2.05) is 0 Å². The van der Waals surface area contributed by atoms with Crippen molar-refractivity contribution in [2.24, 2.45) is 4.99 Å². The second-order valence-corrected chi connectivity index (χ2v) is 4.45. The van der Waals surface area contributed by atoms with Crippen LogP contribution in [0, 0.1) is 13.8 Å². The number of halogens is 3. The Morgan fingerprint density at radius 1 is 1.00 bits per heavy atom. The van der Waals surface area contributed by atoms with Crippen LogP contribution in [-0.2, 0) is 0 Å². The minimum Gasteiger partial charge on any atom is -0.286 e. The minimum absolute atomic E-state index is 0.0586. The molecule has 0 radical (unpaired) electrons. The molecule has 0 N–H and O–H groups in total. The molecule has 0 unspecified atom stereocenters. The Morgan fingerprint density at radius 2 is 1.60 bits per heavy atom. The van der Waals surface area contributed by atoms with Gasteiger partial charge < -0.3 is 0 Å². The molecule has 1 aromatic carbocycles. The molecule has 0 fully saturated rings. The van der Waals surface area contributed by atoms with Crippen molar-refractivity contribution >= 4 is 51.4 Å². The van der Waals surface area contributed by atoms with Crippen molar-refractivity contribution < 1.29 is 4.79 Å². The molecule has 0 aliphatic carbocycles. The summed E-state index contributed by atoms with van der Waals surface area (Å²) in [6.45, 7) is 3.54. The third-order valence-corrected chi connectivity index (χ3v) is 3.72. The summed E-state index contributed by atoms with van der Waals surface area (Å²) in [5.41, 5.74) is 2.25. The number of Topliss-reactive ketones (excluding diaryl/α,β-unsaturated/α-hetero) is 1. The summed E-state index contributed by atoms with van der Waals surface area (Å²) < 4.78 is 0. The van der Waals surface area contributed by atoms with Gasteiger partial charge in [0, 0.05) is 5.02 Å². The molecular formula is C10H6Cl3NO. The molecule has 78 valence electrons. The van der Waals surface area contributed by atoms with Crippen molar-refractivity contribution in [3.63, 3.8) is 0 Å². The smallest absolute Gasteiger partial charge is 0.225 e. The van der Waals surface area contributed by atoms with Crippen LogP contribution in [0.4, 0.5) is 5.69 Å². The molecule has 15 heavy (non-hydrogen) atoms. The quantitative estimate of drug-likeness (QED) is 0.693. The van der Waals surface area contributed by atoms with E-state index < -0.39 is 0 Å². The molecule has 0 saturated carbocycles. The zero-order valence-electron chi connectivity index (χ0n) is 7.99. The highest BCUT2D eigenvalue weighted by molar-refractivity contribution is 6.86. The van der Waals surface area contributed by atoms with E-state index in [-0.39, 0.29) is 11.0 Å². The Kier molecular flexibility index (Phi) is 2.53. The molecule has 1 aliphatic rings. The lowest BCUT2D eigenvalue weighted by Crippen LogP contribution is -2.04. The van der Waals surface area contributed by atoms with Crippen molar-refractivity contribution in [3.8, 4) is 0 Å². The third-order valence-electron chi connectivity index (χ3n) is 2.43. The highest BCUT2D eigenvalue weighted by Gasteiger charge is 2.29. The highest BCUT2D eigenvalue weighted by Crippen LogP contribution is 2.43. The van der Waals surface area contributed by atoms with E-state index in [4.69, 9.17) is 34.8 Å². The highest BCUT2D eigenvalue weighted by atomic mass is 35.5. The number of hydrogen-bond acceptors (Lipinski definition) is 2. The average molecular weight is 263 g/mol. The summed E-state index contributed by atoms with van der Waals surface area (Å²) in [5.74, 6) is -0.312. The first-order valence-electron chi connectivity index (χ1n) is 4.22. The molecule has 1 heterocycles. The fourth-order valence-corrected chi connectivity index (χ4v) is 2.23. The van der Waals surface area contributed by atoms with Crippen LogP contribution in [0.5, 0.6) is 0 Å². The zero-order chi connectivity index (χ0) is 11.3. The summed E-state index contributed by atoms with van der Waals surface area (Å²) in [6, 6.07) is 0. The van der Waals surface area contributed by atoms with E-state index in [1.54, 1.807) is 13.8 Å². The van der Waals surface area contributed by atoms with Gasteiger partial charge in [0.2, 0.25) is 5.78 Å².